The van der Waals surface area contributed by atoms with Crippen LogP contribution in [0, 0.1) is 18.8 Å². The van der Waals surface area contributed by atoms with Crippen molar-refractivity contribution < 1.29 is 25.8 Å². The van der Waals surface area contributed by atoms with Gasteiger partial charge >= 0.3 is 0 Å². The average Bonchev–Trinajstić information content (AvgIpc) is 3.94. The largest absolute Gasteiger partial charge is 0.509 e. The quantitative estimate of drug-likeness (QED) is 0.121. The Hall–Kier alpha value is -6.68. The summed E-state index contributed by atoms with van der Waals surface area (Å²) in [5, 5.41) is 2.22. The number of nitrogens with zero attached hydrogens (tertiary/aromatic N) is 4. The number of fused-ring (bicyclic) bond motifs is 3. The van der Waals surface area contributed by atoms with Crippen molar-refractivity contribution in [1.29, 1.82) is 0 Å². The molecule has 7 aromatic carbocycles. The summed E-state index contributed by atoms with van der Waals surface area (Å²) >= 11 is 0. The van der Waals surface area contributed by atoms with Crippen LogP contribution in [-0.4, -0.2) is 9.55 Å². The predicted molar refractivity (Wildman–Crippen MR) is 284 cm³/mol. The first kappa shape index (κ1) is 47.4. The fourth-order valence-corrected chi connectivity index (χ4v) is 9.66. The molecule has 2 aromatic heterocycles. The van der Waals surface area contributed by atoms with Gasteiger partial charge in [0, 0.05) is 66.6 Å². The van der Waals surface area contributed by atoms with E-state index in [-0.39, 0.29) is 31.9 Å². The number of benzene rings is 7. The Bertz CT molecular complexity index is 3300. The molecule has 0 fully saturated rings. The minimum atomic E-state index is -0.205. The molecule has 0 radical (unpaired) electrons. The number of hydrogen-bond donors (Lipinski definition) is 0. The van der Waals surface area contributed by atoms with Gasteiger partial charge in [-0.3, -0.25) is 0 Å². The van der Waals surface area contributed by atoms with Gasteiger partial charge in [-0.2, -0.15) is 6.07 Å². The molecule has 350 valence electrons. The minimum absolute atomic E-state index is 0. The summed E-state index contributed by atoms with van der Waals surface area (Å²) in [5.41, 5.74) is 14.4. The molecule has 0 saturated carbocycles. The minimum Gasteiger partial charge on any atom is -0.509 e. The Morgan fingerprint density at radius 3 is 1.96 bits per heavy atom. The normalized spacial score (nSPS) is 13.1. The van der Waals surface area contributed by atoms with Crippen molar-refractivity contribution >= 4 is 38.9 Å². The summed E-state index contributed by atoms with van der Waals surface area (Å²) in [6.07, 6.45) is 4.21. The van der Waals surface area contributed by atoms with E-state index in [2.05, 4.69) is 259 Å². The smallest absolute Gasteiger partial charge is 0.135 e. The maximum absolute atomic E-state index is 6.97. The summed E-state index contributed by atoms with van der Waals surface area (Å²) in [7, 11) is 0. The fourth-order valence-electron chi connectivity index (χ4n) is 9.66. The molecule has 0 saturated heterocycles. The summed E-state index contributed by atoms with van der Waals surface area (Å²) in [6, 6.07) is 65.8. The summed E-state index contributed by atoms with van der Waals surface area (Å²) in [4.78, 5) is 9.49. The number of para-hydroxylation sites is 1. The van der Waals surface area contributed by atoms with E-state index in [9.17, 15) is 0 Å². The summed E-state index contributed by atoms with van der Waals surface area (Å²) in [5.74, 6) is 2.62. The van der Waals surface area contributed by atoms with Crippen LogP contribution in [0.25, 0.3) is 44.4 Å². The van der Waals surface area contributed by atoms with Gasteiger partial charge in [-0.05, 0) is 92.5 Å². The van der Waals surface area contributed by atoms with Gasteiger partial charge in [0.2, 0.25) is 0 Å². The number of anilines is 2. The zero-order valence-corrected chi connectivity index (χ0v) is 43.3. The SMILES string of the molecule is CC(C)c1cccc(C(C)C)c1C1=CN(c2cccc(C(C)(C)c3ccccc3)c2)[CH-]N1c1[c-]c(Oc2[c-]c3c(cc2)c2ccccc2n3-c2cc(C(C)(C)C)ccn2)cc(-c2ccccc2)c1.[Pt]. The molecule has 69 heavy (non-hydrogen) atoms. The van der Waals surface area contributed by atoms with Crippen molar-refractivity contribution in [3.63, 3.8) is 0 Å². The molecule has 6 heteroatoms. The standard InChI is InChI=1S/C63H59N4O.Pt/c1-42(2)53-27-19-28-54(43(3)4)61(53)59-40-65(49-25-18-24-48(36-49)63(8,9)46-22-14-11-15-23-46)41-66(59)50-34-45(44-20-12-10-13-21-44)35-52(38-50)68-51-30-31-56-55-26-16-17-29-57(55)67(58(56)39-51)60-37-47(32-33-64-60)62(5,6)7;/h10-37,40-43H,1-9H3;/q-3;. The van der Waals surface area contributed by atoms with Crippen molar-refractivity contribution in [2.24, 2.45) is 0 Å². The third-order valence-electron chi connectivity index (χ3n) is 13.6. The molecule has 0 bridgehead atoms. The van der Waals surface area contributed by atoms with Gasteiger partial charge in [-0.15, -0.1) is 53.6 Å². The Labute approximate surface area is 423 Å². The molecule has 0 spiro atoms. The molecule has 1 aliphatic rings. The van der Waals surface area contributed by atoms with Crippen LogP contribution < -0.4 is 14.5 Å². The van der Waals surface area contributed by atoms with Gasteiger partial charge in [0.05, 0.1) is 0 Å². The fraction of sp³-hybridized carbons (Fsp3) is 0.206. The van der Waals surface area contributed by atoms with E-state index in [1.54, 1.807) is 0 Å². The van der Waals surface area contributed by atoms with E-state index in [1.165, 1.54) is 33.4 Å². The number of ether oxygens (including phenoxy) is 1. The van der Waals surface area contributed by atoms with Gasteiger partial charge in [-0.25, -0.2) is 4.98 Å². The molecule has 0 unspecified atom stereocenters. The van der Waals surface area contributed by atoms with Gasteiger partial charge in [-0.1, -0.05) is 177 Å². The Balaban J connectivity index is 0.00000593. The molecular formula is C63H59N4OPt-3. The Morgan fingerprint density at radius 1 is 0.580 bits per heavy atom. The Kier molecular flexibility index (Phi) is 13.1. The van der Waals surface area contributed by atoms with E-state index in [0.717, 1.165) is 55.8 Å². The summed E-state index contributed by atoms with van der Waals surface area (Å²) in [6.45, 7) is 22.7. The maximum Gasteiger partial charge on any atom is 0.135 e. The third kappa shape index (κ3) is 9.18. The van der Waals surface area contributed by atoms with Crippen LogP contribution in [-0.2, 0) is 31.9 Å². The molecule has 1 aliphatic heterocycles. The van der Waals surface area contributed by atoms with Crippen LogP contribution in [0.3, 0.4) is 0 Å². The Morgan fingerprint density at radius 2 is 1.25 bits per heavy atom. The second-order valence-corrected chi connectivity index (χ2v) is 20.2. The van der Waals surface area contributed by atoms with Crippen LogP contribution in [0.1, 0.15) is 108 Å². The van der Waals surface area contributed by atoms with Crippen molar-refractivity contribution in [2.45, 2.75) is 85.0 Å². The van der Waals surface area contributed by atoms with Crippen LogP contribution in [0.4, 0.5) is 11.4 Å². The van der Waals surface area contributed by atoms with Crippen molar-refractivity contribution in [1.82, 2.24) is 9.55 Å². The molecule has 9 aromatic rings. The molecule has 0 N–H and O–H groups in total. The maximum atomic E-state index is 6.97. The molecule has 5 nitrogen and oxygen atoms in total. The van der Waals surface area contributed by atoms with Crippen LogP contribution in [0.2, 0.25) is 0 Å². The molecule has 3 heterocycles. The monoisotopic (exact) mass is 1080 g/mol. The van der Waals surface area contributed by atoms with E-state index in [4.69, 9.17) is 9.72 Å². The van der Waals surface area contributed by atoms with Crippen molar-refractivity contribution in [2.75, 3.05) is 9.80 Å². The number of pyridine rings is 1. The van der Waals surface area contributed by atoms with E-state index < -0.39 is 0 Å². The molecular weight excluding hydrogens is 1020 g/mol. The molecule has 0 amide bonds. The van der Waals surface area contributed by atoms with Crippen LogP contribution in [0.15, 0.2) is 176 Å². The number of rotatable bonds is 11. The number of aromatic nitrogens is 2. The zero-order valence-electron chi connectivity index (χ0n) is 41.0. The third-order valence-corrected chi connectivity index (χ3v) is 13.6. The van der Waals surface area contributed by atoms with E-state index in [0.29, 0.717) is 23.3 Å². The predicted octanol–water partition coefficient (Wildman–Crippen LogP) is 16.6. The first-order valence-corrected chi connectivity index (χ1v) is 23.9. The van der Waals surface area contributed by atoms with E-state index >= 15 is 0 Å². The number of hydrogen-bond acceptors (Lipinski definition) is 4. The molecule has 0 atom stereocenters. The molecule has 0 aliphatic carbocycles. The first-order valence-electron chi connectivity index (χ1n) is 23.9. The second-order valence-electron chi connectivity index (χ2n) is 20.2. The van der Waals surface area contributed by atoms with Crippen LogP contribution in [0.5, 0.6) is 11.5 Å². The first-order chi connectivity index (χ1) is 32.7. The zero-order chi connectivity index (χ0) is 47.3. The van der Waals surface area contributed by atoms with Gasteiger partial charge in [0.15, 0.2) is 0 Å². The van der Waals surface area contributed by atoms with Crippen molar-refractivity contribution in [3.05, 3.63) is 228 Å². The van der Waals surface area contributed by atoms with Gasteiger partial charge < -0.3 is 19.1 Å². The van der Waals surface area contributed by atoms with Gasteiger partial charge in [0.1, 0.15) is 5.82 Å². The van der Waals surface area contributed by atoms with E-state index in [1.807, 2.05) is 12.3 Å². The molecule has 10 rings (SSSR count). The second kappa shape index (κ2) is 19.0. The van der Waals surface area contributed by atoms with Gasteiger partial charge in [0.25, 0.3) is 0 Å². The average molecular weight is 1080 g/mol. The topological polar surface area (TPSA) is 33.5 Å². The van der Waals surface area contributed by atoms with Crippen LogP contribution >= 0.6 is 0 Å². The summed E-state index contributed by atoms with van der Waals surface area (Å²) < 4.78 is 9.18. The van der Waals surface area contributed by atoms with Crippen molar-refractivity contribution in [3.8, 4) is 28.4 Å².